The Morgan fingerprint density at radius 2 is 2.25 bits per heavy atom. The van der Waals surface area contributed by atoms with Crippen molar-refractivity contribution in [1.82, 2.24) is 9.55 Å². The number of hydrogen-bond acceptors (Lipinski definition) is 3. The van der Waals surface area contributed by atoms with Crippen LogP contribution in [0.1, 0.15) is 18.7 Å². The Kier molecular flexibility index (Phi) is 3.36. The second-order valence-corrected chi connectivity index (χ2v) is 5.20. The van der Waals surface area contributed by atoms with Gasteiger partial charge in [-0.15, -0.1) is 0 Å². The van der Waals surface area contributed by atoms with Crippen LogP contribution in [0.3, 0.4) is 0 Å². The van der Waals surface area contributed by atoms with E-state index >= 15 is 0 Å². The summed E-state index contributed by atoms with van der Waals surface area (Å²) in [5.74, 6) is 1.78. The zero-order chi connectivity index (χ0) is 14.1. The number of imidazole rings is 1. The summed E-state index contributed by atoms with van der Waals surface area (Å²) >= 11 is 5.44. The summed E-state index contributed by atoms with van der Waals surface area (Å²) in [5, 5.41) is 0. The van der Waals surface area contributed by atoms with Gasteiger partial charge in [0.1, 0.15) is 11.5 Å². The van der Waals surface area contributed by atoms with E-state index in [0.717, 1.165) is 29.0 Å². The number of ether oxygens (including phenoxy) is 1. The van der Waals surface area contributed by atoms with E-state index in [1.165, 1.54) is 0 Å². The number of fused-ring (bicyclic) bond motifs is 1. The lowest BCUT2D eigenvalue weighted by Crippen LogP contribution is -2.08. The first kappa shape index (κ1) is 13.0. The molecule has 4 nitrogen and oxygen atoms in total. The lowest BCUT2D eigenvalue weighted by Gasteiger charge is -2.13. The van der Waals surface area contributed by atoms with Crippen LogP contribution in [0, 0.1) is 4.77 Å². The first-order valence-corrected chi connectivity index (χ1v) is 6.90. The summed E-state index contributed by atoms with van der Waals surface area (Å²) in [7, 11) is 1.67. The summed E-state index contributed by atoms with van der Waals surface area (Å²) in [5.41, 5.74) is 2.07. The maximum absolute atomic E-state index is 5.44. The maximum Gasteiger partial charge on any atom is 0.178 e. The summed E-state index contributed by atoms with van der Waals surface area (Å²) in [6, 6.07) is 10.00. The van der Waals surface area contributed by atoms with Crippen molar-refractivity contribution in [1.29, 1.82) is 0 Å². The highest BCUT2D eigenvalue weighted by Crippen LogP contribution is 2.25. The van der Waals surface area contributed by atoms with Crippen LogP contribution in [0.5, 0.6) is 5.75 Å². The standard InChI is InChI=1S/C15H16N2O2S/c1-10(8-12-4-3-7-19-12)17-14-9-11(18-2)5-6-13(14)16-15(17)20/h3-7,9-10H,8H2,1-2H3,(H,16,20). The molecule has 1 atom stereocenters. The second kappa shape index (κ2) is 5.17. The molecule has 0 amide bonds. The molecule has 0 bridgehead atoms. The van der Waals surface area contributed by atoms with E-state index in [9.17, 15) is 0 Å². The van der Waals surface area contributed by atoms with Gasteiger partial charge in [0.15, 0.2) is 4.77 Å². The molecule has 1 N–H and O–H groups in total. The fourth-order valence-electron chi connectivity index (χ4n) is 2.48. The van der Waals surface area contributed by atoms with E-state index in [2.05, 4.69) is 16.5 Å². The third-order valence-electron chi connectivity index (χ3n) is 3.44. The van der Waals surface area contributed by atoms with Crippen LogP contribution in [0.4, 0.5) is 0 Å². The molecule has 0 fully saturated rings. The van der Waals surface area contributed by atoms with Crippen molar-refractivity contribution >= 4 is 23.3 Å². The van der Waals surface area contributed by atoms with Gasteiger partial charge >= 0.3 is 0 Å². The molecule has 0 aliphatic carbocycles. The van der Waals surface area contributed by atoms with Crippen molar-refractivity contribution < 1.29 is 9.15 Å². The quantitative estimate of drug-likeness (QED) is 0.735. The highest BCUT2D eigenvalue weighted by Gasteiger charge is 2.13. The number of nitrogens with one attached hydrogen (secondary N) is 1. The Hall–Kier alpha value is -2.01. The monoisotopic (exact) mass is 288 g/mol. The number of benzene rings is 1. The van der Waals surface area contributed by atoms with E-state index < -0.39 is 0 Å². The molecule has 2 aromatic heterocycles. The van der Waals surface area contributed by atoms with Gasteiger partial charge in [0.25, 0.3) is 0 Å². The second-order valence-electron chi connectivity index (χ2n) is 4.82. The zero-order valence-corrected chi connectivity index (χ0v) is 12.2. The zero-order valence-electron chi connectivity index (χ0n) is 11.4. The molecule has 104 valence electrons. The number of nitrogens with zero attached hydrogens (tertiary/aromatic N) is 1. The average Bonchev–Trinajstić information content (AvgIpc) is 3.04. The first-order valence-electron chi connectivity index (χ1n) is 6.49. The third-order valence-corrected chi connectivity index (χ3v) is 3.74. The number of H-pyrrole nitrogens is 1. The Balaban J connectivity index is 2.05. The molecule has 0 aliphatic rings. The molecule has 0 saturated heterocycles. The minimum Gasteiger partial charge on any atom is -0.497 e. The molecule has 20 heavy (non-hydrogen) atoms. The molecule has 0 radical (unpaired) electrons. The Morgan fingerprint density at radius 3 is 2.95 bits per heavy atom. The van der Waals surface area contributed by atoms with Gasteiger partial charge in [-0.3, -0.25) is 0 Å². The molecule has 0 spiro atoms. The SMILES string of the molecule is COc1ccc2[nH]c(=S)n(C(C)Cc3ccco3)c2c1. The van der Waals surface area contributed by atoms with Gasteiger partial charge < -0.3 is 18.7 Å². The summed E-state index contributed by atoms with van der Waals surface area (Å²) < 4.78 is 13.5. The van der Waals surface area contributed by atoms with E-state index in [4.69, 9.17) is 21.4 Å². The number of hydrogen-bond donors (Lipinski definition) is 1. The molecular formula is C15H16N2O2S. The molecule has 0 saturated carbocycles. The number of methoxy groups -OCH3 is 1. The topological polar surface area (TPSA) is 43.1 Å². The highest BCUT2D eigenvalue weighted by molar-refractivity contribution is 7.71. The Labute approximate surface area is 122 Å². The predicted octanol–water partition coefficient (Wildman–Crippen LogP) is 4.10. The van der Waals surface area contributed by atoms with Crippen molar-refractivity contribution in [3.63, 3.8) is 0 Å². The van der Waals surface area contributed by atoms with Crippen molar-refractivity contribution in [3.8, 4) is 5.75 Å². The van der Waals surface area contributed by atoms with Gasteiger partial charge in [0, 0.05) is 18.5 Å². The minimum atomic E-state index is 0.203. The van der Waals surface area contributed by atoms with Gasteiger partial charge in [-0.1, -0.05) is 0 Å². The lowest BCUT2D eigenvalue weighted by atomic mass is 10.2. The van der Waals surface area contributed by atoms with Crippen molar-refractivity contribution in [2.75, 3.05) is 7.11 Å². The smallest absolute Gasteiger partial charge is 0.178 e. The Morgan fingerprint density at radius 1 is 1.40 bits per heavy atom. The van der Waals surface area contributed by atoms with Crippen LogP contribution in [0.2, 0.25) is 0 Å². The van der Waals surface area contributed by atoms with Gasteiger partial charge in [0.05, 0.1) is 24.4 Å². The molecule has 1 aromatic carbocycles. The molecule has 3 aromatic rings. The van der Waals surface area contributed by atoms with Crippen LogP contribution in [-0.2, 0) is 6.42 Å². The minimum absolute atomic E-state index is 0.203. The van der Waals surface area contributed by atoms with Gasteiger partial charge in [-0.05, 0) is 43.4 Å². The molecule has 3 rings (SSSR count). The third kappa shape index (κ3) is 2.25. The van der Waals surface area contributed by atoms with Gasteiger partial charge in [0.2, 0.25) is 0 Å². The van der Waals surface area contributed by atoms with Crippen LogP contribution in [0.25, 0.3) is 11.0 Å². The van der Waals surface area contributed by atoms with E-state index in [1.807, 2.05) is 30.3 Å². The number of rotatable bonds is 4. The number of furan rings is 1. The van der Waals surface area contributed by atoms with Crippen molar-refractivity contribution in [3.05, 3.63) is 47.1 Å². The van der Waals surface area contributed by atoms with E-state index in [1.54, 1.807) is 13.4 Å². The lowest BCUT2D eigenvalue weighted by molar-refractivity contribution is 0.414. The van der Waals surface area contributed by atoms with Crippen LogP contribution >= 0.6 is 12.2 Å². The molecular weight excluding hydrogens is 272 g/mol. The molecule has 2 heterocycles. The van der Waals surface area contributed by atoms with E-state index in [0.29, 0.717) is 4.77 Å². The largest absolute Gasteiger partial charge is 0.497 e. The predicted molar refractivity (Wildman–Crippen MR) is 80.8 cm³/mol. The van der Waals surface area contributed by atoms with E-state index in [-0.39, 0.29) is 6.04 Å². The average molecular weight is 288 g/mol. The van der Waals surface area contributed by atoms with Crippen molar-refractivity contribution in [2.45, 2.75) is 19.4 Å². The highest BCUT2D eigenvalue weighted by atomic mass is 32.1. The van der Waals surface area contributed by atoms with Crippen LogP contribution in [0.15, 0.2) is 41.0 Å². The molecule has 5 heteroatoms. The first-order chi connectivity index (χ1) is 9.69. The van der Waals surface area contributed by atoms with Crippen LogP contribution in [-0.4, -0.2) is 16.7 Å². The Bertz CT molecular complexity index is 771. The molecule has 0 aliphatic heterocycles. The van der Waals surface area contributed by atoms with Crippen LogP contribution < -0.4 is 4.74 Å². The summed E-state index contributed by atoms with van der Waals surface area (Å²) in [4.78, 5) is 3.23. The summed E-state index contributed by atoms with van der Waals surface area (Å²) in [6.45, 7) is 2.13. The number of aromatic nitrogens is 2. The van der Waals surface area contributed by atoms with Gasteiger partial charge in [-0.2, -0.15) is 0 Å². The fraction of sp³-hybridized carbons (Fsp3) is 0.267. The maximum atomic E-state index is 5.44. The normalized spacial score (nSPS) is 12.7. The van der Waals surface area contributed by atoms with Gasteiger partial charge in [-0.25, -0.2) is 0 Å². The van der Waals surface area contributed by atoms with Crippen molar-refractivity contribution in [2.24, 2.45) is 0 Å². The number of aromatic amines is 1. The summed E-state index contributed by atoms with van der Waals surface area (Å²) in [6.07, 6.45) is 2.49. The fourth-order valence-corrected chi connectivity index (χ4v) is 2.87. The molecule has 1 unspecified atom stereocenters.